The molecule has 0 fully saturated rings. The van der Waals surface area contributed by atoms with Gasteiger partial charge in [0.1, 0.15) is 0 Å². The van der Waals surface area contributed by atoms with E-state index in [0.717, 1.165) is 5.69 Å². The molecule has 268 valence electrons. The maximum atomic E-state index is 2.49. The summed E-state index contributed by atoms with van der Waals surface area (Å²) in [5.74, 6) is 0. The molecule has 1 nitrogen and oxygen atoms in total. The summed E-state index contributed by atoms with van der Waals surface area (Å²) in [4.78, 5) is 2.49. The Morgan fingerprint density at radius 1 is 0.393 bits per heavy atom. The average molecular weight is 736 g/mol. The Kier molecular flexibility index (Phi) is 7.18. The molecule has 9 aromatic rings. The van der Waals surface area contributed by atoms with Gasteiger partial charge in [-0.15, -0.1) is 11.3 Å². The number of fused-ring (bicyclic) bond motifs is 9. The lowest BCUT2D eigenvalue weighted by Crippen LogP contribution is -2.16. The highest BCUT2D eigenvalue weighted by molar-refractivity contribution is 7.26. The van der Waals surface area contributed by atoms with Crippen LogP contribution in [-0.4, -0.2) is 0 Å². The molecule has 0 N–H and O–H groups in total. The van der Waals surface area contributed by atoms with Crippen LogP contribution in [-0.2, 0) is 10.8 Å². The predicted octanol–water partition coefficient (Wildman–Crippen LogP) is 15.5. The Labute approximate surface area is 333 Å². The Hall–Kier alpha value is -6.22. The van der Waals surface area contributed by atoms with E-state index in [-0.39, 0.29) is 10.8 Å². The Morgan fingerprint density at radius 3 is 1.70 bits per heavy atom. The summed E-state index contributed by atoms with van der Waals surface area (Å²) < 4.78 is 2.61. The zero-order chi connectivity index (χ0) is 37.8. The quantitative estimate of drug-likeness (QED) is 0.170. The van der Waals surface area contributed by atoms with Crippen LogP contribution in [0.15, 0.2) is 176 Å². The van der Waals surface area contributed by atoms with Gasteiger partial charge in [-0.1, -0.05) is 161 Å². The second-order valence-electron chi connectivity index (χ2n) is 16.5. The standard InChI is InChI=1S/C54H41NS/c1-53(2)45-22-10-7-17-39(45)41-32-31-36(33-47(41)53)55(48-24-14-26-50-51(48)44-19-9-12-25-49(44)56-50)35-29-27-34(28-30-35)37-15-5-6-16-38(37)42-20-13-21-43-40-18-8-11-23-46(40)54(3,4)52(42)43/h5-33H,1-4H3. The molecule has 0 radical (unpaired) electrons. The molecule has 2 aliphatic carbocycles. The summed E-state index contributed by atoms with van der Waals surface area (Å²) in [5.41, 5.74) is 19.3. The first kappa shape index (κ1) is 33.1. The van der Waals surface area contributed by atoms with E-state index < -0.39 is 0 Å². The van der Waals surface area contributed by atoms with E-state index in [9.17, 15) is 0 Å². The number of thiophene rings is 1. The lowest BCUT2D eigenvalue weighted by atomic mass is 9.78. The van der Waals surface area contributed by atoms with E-state index >= 15 is 0 Å². The van der Waals surface area contributed by atoms with Crippen LogP contribution in [0.1, 0.15) is 49.9 Å². The molecule has 0 atom stereocenters. The fraction of sp³-hybridized carbons (Fsp3) is 0.111. The molecule has 0 unspecified atom stereocenters. The van der Waals surface area contributed by atoms with Gasteiger partial charge in [-0.25, -0.2) is 0 Å². The van der Waals surface area contributed by atoms with Gasteiger partial charge in [0.25, 0.3) is 0 Å². The van der Waals surface area contributed by atoms with Crippen LogP contribution in [0.25, 0.3) is 64.7 Å². The summed E-state index contributed by atoms with van der Waals surface area (Å²) in [6, 6.07) is 65.7. The molecule has 1 heterocycles. The molecular weight excluding hydrogens is 695 g/mol. The van der Waals surface area contributed by atoms with Crippen LogP contribution < -0.4 is 4.90 Å². The Balaban J connectivity index is 1.07. The van der Waals surface area contributed by atoms with Crippen LogP contribution in [0.3, 0.4) is 0 Å². The third kappa shape index (κ3) is 4.72. The van der Waals surface area contributed by atoms with Gasteiger partial charge in [0.05, 0.1) is 5.69 Å². The van der Waals surface area contributed by atoms with Gasteiger partial charge in [0, 0.05) is 42.4 Å². The number of hydrogen-bond acceptors (Lipinski definition) is 2. The van der Waals surface area contributed by atoms with E-state index in [0.29, 0.717) is 0 Å². The SMILES string of the molecule is CC1(C)c2ccccc2-c2ccc(N(c3ccc(-c4ccccc4-c4cccc5c4C(C)(C)c4ccccc4-5)cc3)c3cccc4sc5ccccc5c34)cc21. The van der Waals surface area contributed by atoms with Crippen LogP contribution >= 0.6 is 11.3 Å². The van der Waals surface area contributed by atoms with E-state index in [1.165, 1.54) is 98.3 Å². The molecule has 0 aliphatic heterocycles. The first-order valence-electron chi connectivity index (χ1n) is 19.7. The lowest BCUT2D eigenvalue weighted by molar-refractivity contribution is 0.660. The smallest absolute Gasteiger partial charge is 0.0554 e. The number of anilines is 3. The first-order chi connectivity index (χ1) is 27.3. The van der Waals surface area contributed by atoms with Gasteiger partial charge in [0.2, 0.25) is 0 Å². The van der Waals surface area contributed by atoms with Crippen molar-refractivity contribution in [2.24, 2.45) is 0 Å². The van der Waals surface area contributed by atoms with E-state index in [4.69, 9.17) is 0 Å². The molecule has 8 aromatic carbocycles. The highest BCUT2D eigenvalue weighted by Gasteiger charge is 2.38. The van der Waals surface area contributed by atoms with Crippen LogP contribution in [0, 0.1) is 0 Å². The molecule has 11 rings (SSSR count). The maximum absolute atomic E-state index is 2.49. The third-order valence-corrected chi connectivity index (χ3v) is 13.8. The summed E-state index contributed by atoms with van der Waals surface area (Å²) in [7, 11) is 0. The van der Waals surface area contributed by atoms with Crippen LogP contribution in [0.5, 0.6) is 0 Å². The molecule has 0 saturated heterocycles. The predicted molar refractivity (Wildman–Crippen MR) is 240 cm³/mol. The number of benzene rings is 8. The molecule has 2 heteroatoms. The van der Waals surface area contributed by atoms with Crippen molar-refractivity contribution >= 4 is 48.6 Å². The van der Waals surface area contributed by atoms with Crippen molar-refractivity contribution in [3.8, 4) is 44.5 Å². The molecule has 0 saturated carbocycles. The fourth-order valence-electron chi connectivity index (χ4n) is 10.0. The molecule has 56 heavy (non-hydrogen) atoms. The van der Waals surface area contributed by atoms with Gasteiger partial charge in [-0.05, 0) is 109 Å². The van der Waals surface area contributed by atoms with Crippen molar-refractivity contribution in [3.05, 3.63) is 198 Å². The Bertz CT molecular complexity index is 3030. The number of nitrogens with zero attached hydrogens (tertiary/aromatic N) is 1. The van der Waals surface area contributed by atoms with Gasteiger partial charge >= 0.3 is 0 Å². The molecule has 0 spiro atoms. The highest BCUT2D eigenvalue weighted by Crippen LogP contribution is 2.54. The average Bonchev–Trinajstić information content (AvgIpc) is 3.82. The molecular formula is C54H41NS. The van der Waals surface area contributed by atoms with E-state index in [1.54, 1.807) is 0 Å². The molecule has 1 aromatic heterocycles. The second-order valence-corrected chi connectivity index (χ2v) is 17.6. The molecule has 2 aliphatic rings. The minimum atomic E-state index is -0.101. The summed E-state index contributed by atoms with van der Waals surface area (Å²) in [6.45, 7) is 9.49. The van der Waals surface area contributed by atoms with Crippen molar-refractivity contribution < 1.29 is 0 Å². The maximum Gasteiger partial charge on any atom is 0.0554 e. The summed E-state index contributed by atoms with van der Waals surface area (Å²) in [5, 5.41) is 2.60. The van der Waals surface area contributed by atoms with Gasteiger partial charge in [0.15, 0.2) is 0 Å². The number of hydrogen-bond donors (Lipinski definition) is 0. The van der Waals surface area contributed by atoms with Crippen LogP contribution in [0.4, 0.5) is 17.1 Å². The summed E-state index contributed by atoms with van der Waals surface area (Å²) in [6.07, 6.45) is 0. The van der Waals surface area contributed by atoms with Crippen molar-refractivity contribution in [2.45, 2.75) is 38.5 Å². The van der Waals surface area contributed by atoms with Gasteiger partial charge in [-0.2, -0.15) is 0 Å². The lowest BCUT2D eigenvalue weighted by Gasteiger charge is -2.29. The van der Waals surface area contributed by atoms with Crippen molar-refractivity contribution in [1.82, 2.24) is 0 Å². The largest absolute Gasteiger partial charge is 0.310 e. The van der Waals surface area contributed by atoms with E-state index in [2.05, 4.69) is 209 Å². The molecule has 0 bridgehead atoms. The highest BCUT2D eigenvalue weighted by atomic mass is 32.1. The topological polar surface area (TPSA) is 3.24 Å². The van der Waals surface area contributed by atoms with Crippen molar-refractivity contribution in [1.29, 1.82) is 0 Å². The fourth-order valence-corrected chi connectivity index (χ4v) is 11.2. The monoisotopic (exact) mass is 735 g/mol. The third-order valence-electron chi connectivity index (χ3n) is 12.7. The van der Waals surface area contributed by atoms with Gasteiger partial charge < -0.3 is 4.90 Å². The van der Waals surface area contributed by atoms with E-state index in [1.807, 2.05) is 11.3 Å². The minimum absolute atomic E-state index is 0.0986. The van der Waals surface area contributed by atoms with Crippen molar-refractivity contribution in [3.63, 3.8) is 0 Å². The Morgan fingerprint density at radius 2 is 0.929 bits per heavy atom. The van der Waals surface area contributed by atoms with Gasteiger partial charge in [-0.3, -0.25) is 0 Å². The first-order valence-corrected chi connectivity index (χ1v) is 20.5. The normalized spacial score (nSPS) is 14.4. The minimum Gasteiger partial charge on any atom is -0.310 e. The zero-order valence-corrected chi connectivity index (χ0v) is 32.9. The van der Waals surface area contributed by atoms with Crippen LogP contribution in [0.2, 0.25) is 0 Å². The number of rotatable bonds is 5. The van der Waals surface area contributed by atoms with Crippen molar-refractivity contribution in [2.75, 3.05) is 4.90 Å². The molecule has 0 amide bonds. The zero-order valence-electron chi connectivity index (χ0n) is 32.1. The second kappa shape index (κ2) is 12.1. The summed E-state index contributed by atoms with van der Waals surface area (Å²) >= 11 is 1.87.